The molecule has 0 spiro atoms. The molecule has 2 aliphatic carbocycles. The average Bonchev–Trinajstić information content (AvgIpc) is 3.43. The molecule has 0 fully saturated rings. The van der Waals surface area contributed by atoms with Crippen molar-refractivity contribution in [1.29, 1.82) is 0 Å². The van der Waals surface area contributed by atoms with Crippen molar-refractivity contribution in [3.8, 4) is 11.1 Å². The molecule has 4 heteroatoms. The van der Waals surface area contributed by atoms with Gasteiger partial charge in [0.25, 0.3) is 0 Å². The summed E-state index contributed by atoms with van der Waals surface area (Å²) in [6, 6.07) is 30.9. The van der Waals surface area contributed by atoms with Crippen molar-refractivity contribution in [2.45, 2.75) is 89.5 Å². The molecule has 1 unspecified atom stereocenters. The van der Waals surface area contributed by atoms with Crippen LogP contribution in [0.25, 0.3) is 21.9 Å². The van der Waals surface area contributed by atoms with Crippen LogP contribution in [0.2, 0.25) is 19.6 Å². The fourth-order valence-corrected chi connectivity index (χ4v) is 18.7. The zero-order valence-electron chi connectivity index (χ0n) is 29.6. The summed E-state index contributed by atoms with van der Waals surface area (Å²) >= 11 is -2.60. The van der Waals surface area contributed by atoms with E-state index in [1.807, 2.05) is 0 Å². The maximum atomic E-state index is 2.83. The minimum atomic E-state index is -2.60. The molecule has 240 valence electrons. The van der Waals surface area contributed by atoms with Crippen molar-refractivity contribution in [2.24, 2.45) is 5.92 Å². The Kier molecular flexibility index (Phi) is 10.6. The van der Waals surface area contributed by atoms with Crippen LogP contribution in [-0.4, -0.2) is 11.8 Å². The Morgan fingerprint density at radius 1 is 0.696 bits per heavy atom. The van der Waals surface area contributed by atoms with Gasteiger partial charge in [-0.05, 0) is 0 Å². The minimum absolute atomic E-state index is 0. The molecule has 0 saturated heterocycles. The van der Waals surface area contributed by atoms with Crippen molar-refractivity contribution in [1.82, 2.24) is 0 Å². The smallest absolute Gasteiger partial charge is 1.00 e. The summed E-state index contributed by atoms with van der Waals surface area (Å²) < 4.78 is 5.10. The minimum Gasteiger partial charge on any atom is -1.00 e. The first-order valence-electron chi connectivity index (χ1n) is 16.5. The van der Waals surface area contributed by atoms with Crippen LogP contribution in [0.5, 0.6) is 0 Å². The third-order valence-electron chi connectivity index (χ3n) is 10.00. The number of benzene rings is 4. The summed E-state index contributed by atoms with van der Waals surface area (Å²) in [7, 11) is -1.47. The monoisotopic (exact) mass is 742 g/mol. The van der Waals surface area contributed by atoms with Gasteiger partial charge < -0.3 is 24.8 Å². The van der Waals surface area contributed by atoms with Crippen LogP contribution in [0.4, 0.5) is 0 Å². The van der Waals surface area contributed by atoms with E-state index in [1.165, 1.54) is 38.6 Å². The molecule has 0 aromatic heterocycles. The SMILES string of the molecule is CC1=[C](/[Zr+2](=[CH]/c2cccc3ccccc23)[CH]2c3ccc(C(C)(C)C)cc3-c3cc(C(C)(C)C)ccc32)C(C)C=C1[Si](C)(C)C.[Cl-].[Cl-]. The van der Waals surface area contributed by atoms with Crippen molar-refractivity contribution in [2.75, 3.05) is 0 Å². The Balaban J connectivity index is 0.00000240. The van der Waals surface area contributed by atoms with Crippen LogP contribution in [0.1, 0.15) is 86.8 Å². The van der Waals surface area contributed by atoms with Crippen LogP contribution < -0.4 is 24.8 Å². The van der Waals surface area contributed by atoms with Crippen molar-refractivity contribution >= 4 is 22.6 Å². The van der Waals surface area contributed by atoms with E-state index in [4.69, 9.17) is 0 Å². The molecule has 0 bridgehead atoms. The van der Waals surface area contributed by atoms with Gasteiger partial charge in [0.05, 0.1) is 0 Å². The van der Waals surface area contributed by atoms with Gasteiger partial charge in [0, 0.05) is 0 Å². The molecule has 0 N–H and O–H groups in total. The molecule has 4 aromatic carbocycles. The van der Waals surface area contributed by atoms with E-state index in [9.17, 15) is 0 Å². The third kappa shape index (κ3) is 6.72. The van der Waals surface area contributed by atoms with E-state index < -0.39 is 29.3 Å². The normalized spacial score (nSPS) is 16.6. The van der Waals surface area contributed by atoms with E-state index >= 15 is 0 Å². The fourth-order valence-electron chi connectivity index (χ4n) is 7.62. The zero-order chi connectivity index (χ0) is 31.8. The number of rotatable bonds is 4. The molecule has 46 heavy (non-hydrogen) atoms. The number of halogens is 2. The van der Waals surface area contributed by atoms with Crippen LogP contribution in [0.3, 0.4) is 0 Å². The molecule has 4 aromatic rings. The van der Waals surface area contributed by atoms with Crippen LogP contribution >= 0.6 is 0 Å². The molecule has 0 saturated carbocycles. The predicted octanol–water partition coefficient (Wildman–Crippen LogP) is 5.71. The molecule has 0 radical (unpaired) electrons. The maximum absolute atomic E-state index is 2.83. The third-order valence-corrected chi connectivity index (χ3v) is 20.3. The maximum Gasteiger partial charge on any atom is -1.00 e. The summed E-state index contributed by atoms with van der Waals surface area (Å²) in [6.45, 7) is 26.6. The number of hydrogen-bond donors (Lipinski definition) is 0. The van der Waals surface area contributed by atoms with Crippen LogP contribution in [-0.2, 0) is 32.1 Å². The molecule has 0 amide bonds. The first kappa shape index (κ1) is 37.0. The van der Waals surface area contributed by atoms with Gasteiger partial charge in [0.15, 0.2) is 0 Å². The van der Waals surface area contributed by atoms with Crippen molar-refractivity contribution in [3.63, 3.8) is 0 Å². The van der Waals surface area contributed by atoms with E-state index in [2.05, 4.69) is 164 Å². The van der Waals surface area contributed by atoms with Gasteiger partial charge in [-0.3, -0.25) is 0 Å². The summed E-state index contributed by atoms with van der Waals surface area (Å²) in [5.74, 6) is 0.507. The summed E-state index contributed by atoms with van der Waals surface area (Å²) in [5.41, 5.74) is 12.2. The average molecular weight is 745 g/mol. The van der Waals surface area contributed by atoms with Gasteiger partial charge in [-0.25, -0.2) is 0 Å². The molecular weight excluding hydrogens is 695 g/mol. The molecule has 6 rings (SSSR count). The summed E-state index contributed by atoms with van der Waals surface area (Å²) in [5, 5.41) is 4.42. The molecule has 0 aliphatic heterocycles. The van der Waals surface area contributed by atoms with Crippen molar-refractivity contribution in [3.05, 3.63) is 127 Å². The molecule has 0 nitrogen and oxygen atoms in total. The first-order chi connectivity index (χ1) is 20.6. The molecule has 2 aliphatic rings. The topological polar surface area (TPSA) is 0 Å². The van der Waals surface area contributed by atoms with Gasteiger partial charge in [0.1, 0.15) is 0 Å². The number of allylic oxidation sites excluding steroid dienone is 4. The first-order valence-corrected chi connectivity index (χ1v) is 24.0. The quantitative estimate of drug-likeness (QED) is 0.235. The Bertz CT molecular complexity index is 1820. The summed E-state index contributed by atoms with van der Waals surface area (Å²) in [6.07, 6.45) is 2.66. The van der Waals surface area contributed by atoms with Gasteiger partial charge in [-0.15, -0.1) is 0 Å². The Morgan fingerprint density at radius 3 is 1.72 bits per heavy atom. The Hall–Kier alpha value is -1.83. The van der Waals surface area contributed by atoms with Crippen LogP contribution in [0, 0.1) is 5.92 Å². The zero-order valence-corrected chi connectivity index (χ0v) is 34.5. The van der Waals surface area contributed by atoms with E-state index in [-0.39, 0.29) is 35.6 Å². The second-order valence-electron chi connectivity index (χ2n) is 16.4. The molecular formula is C42H50Cl2SiZr. The van der Waals surface area contributed by atoms with E-state index in [1.54, 1.807) is 25.2 Å². The van der Waals surface area contributed by atoms with Crippen molar-refractivity contribution < 1.29 is 46.1 Å². The van der Waals surface area contributed by atoms with E-state index in [0.29, 0.717) is 9.54 Å². The molecule has 1 atom stereocenters. The van der Waals surface area contributed by atoms with Gasteiger partial charge in [-0.2, -0.15) is 0 Å². The van der Waals surface area contributed by atoms with Gasteiger partial charge >= 0.3 is 277 Å². The van der Waals surface area contributed by atoms with E-state index in [0.717, 1.165) is 0 Å². The second kappa shape index (κ2) is 13.2. The molecule has 0 heterocycles. The standard InChI is InChI=1S/C21H25.C11H8.C10H17Si.2ClH.Zr/c1-20(2,3)16-9-7-14-11-15-8-10-17(21(4,5)6)13-19(15)18(14)12-16;1-9-5-4-7-10-6-2-3-8-11(9)10;1-8-6-9(2)10(7-8)11(3,4)5;;;/h7-13H,1-6H3;1-8H;7-8H,1-5H3;2*1H;/q;;;;;+2/p-2. The van der Waals surface area contributed by atoms with Gasteiger partial charge in [-0.1, -0.05) is 0 Å². The second-order valence-corrected chi connectivity index (χ2v) is 27.1. The Morgan fingerprint density at radius 2 is 1.22 bits per heavy atom. The predicted molar refractivity (Wildman–Crippen MR) is 194 cm³/mol. The fraction of sp³-hybridized carbons (Fsp3) is 0.357. The Labute approximate surface area is 299 Å². The summed E-state index contributed by atoms with van der Waals surface area (Å²) in [4.78, 5) is 0. The number of hydrogen-bond acceptors (Lipinski definition) is 0. The van der Waals surface area contributed by atoms with Gasteiger partial charge in [0.2, 0.25) is 0 Å². The van der Waals surface area contributed by atoms with Crippen LogP contribution in [0.15, 0.2) is 99.0 Å². The largest absolute Gasteiger partial charge is 1.00 e. The number of fused-ring (bicyclic) bond motifs is 4.